The number of allylic oxidation sites excluding steroid dienone is 1. The van der Waals surface area contributed by atoms with E-state index in [1.54, 1.807) is 17.9 Å². The van der Waals surface area contributed by atoms with Crippen molar-refractivity contribution in [1.29, 1.82) is 5.26 Å². The molecular weight excluding hydrogens is 327 g/mol. The molecule has 0 fully saturated rings. The Morgan fingerprint density at radius 2 is 2.40 bits per heavy atom. The highest BCUT2D eigenvalue weighted by Crippen LogP contribution is 2.27. The van der Waals surface area contributed by atoms with Crippen LogP contribution in [0.2, 0.25) is 0 Å². The zero-order valence-electron chi connectivity index (χ0n) is 13.1. The minimum absolute atomic E-state index is 0.129. The number of tetrazole rings is 1. The average molecular weight is 340 g/mol. The molecule has 0 atom stereocenters. The van der Waals surface area contributed by atoms with Gasteiger partial charge in [0.1, 0.15) is 29.8 Å². The summed E-state index contributed by atoms with van der Waals surface area (Å²) in [5.41, 5.74) is 1.37. The maximum Gasteiger partial charge on any atom is 0.216 e. The van der Waals surface area contributed by atoms with Crippen LogP contribution in [0.5, 0.6) is 5.75 Å². The molecule has 0 saturated carbocycles. The van der Waals surface area contributed by atoms with Crippen LogP contribution in [-0.2, 0) is 13.7 Å². The molecule has 2 heterocycles. The van der Waals surface area contributed by atoms with E-state index in [9.17, 15) is 4.39 Å². The van der Waals surface area contributed by atoms with Gasteiger partial charge in [-0.15, -0.1) is 10.2 Å². The first-order chi connectivity index (χ1) is 12.2. The third-order valence-corrected chi connectivity index (χ3v) is 3.17. The van der Waals surface area contributed by atoms with E-state index >= 15 is 0 Å². The lowest BCUT2D eigenvalue weighted by molar-refractivity contribution is 0.307. The van der Waals surface area contributed by atoms with Crippen LogP contribution in [-0.4, -0.2) is 30.4 Å². The average Bonchev–Trinajstić information content (AvgIpc) is 3.27. The summed E-state index contributed by atoms with van der Waals surface area (Å²) in [6.45, 7) is 0.272. The van der Waals surface area contributed by atoms with Crippen LogP contribution in [0.3, 0.4) is 0 Å². The Hall–Kier alpha value is -3.74. The van der Waals surface area contributed by atoms with Crippen molar-refractivity contribution in [2.24, 2.45) is 7.05 Å². The molecule has 2 aromatic heterocycles. The van der Waals surface area contributed by atoms with Crippen LogP contribution in [0.4, 0.5) is 10.1 Å². The fourth-order valence-corrected chi connectivity index (χ4v) is 2.02. The van der Waals surface area contributed by atoms with E-state index in [0.29, 0.717) is 11.4 Å². The monoisotopic (exact) mass is 340 g/mol. The van der Waals surface area contributed by atoms with Gasteiger partial charge in [0.15, 0.2) is 0 Å². The van der Waals surface area contributed by atoms with E-state index in [1.807, 2.05) is 12.3 Å². The first-order valence-corrected chi connectivity index (χ1v) is 7.16. The van der Waals surface area contributed by atoms with E-state index < -0.39 is 5.82 Å². The molecule has 0 unspecified atom stereocenters. The Morgan fingerprint density at radius 1 is 1.52 bits per heavy atom. The van der Waals surface area contributed by atoms with Gasteiger partial charge in [0.25, 0.3) is 0 Å². The van der Waals surface area contributed by atoms with E-state index in [4.69, 9.17) is 10.00 Å². The number of nitriles is 1. The van der Waals surface area contributed by atoms with Gasteiger partial charge in [0, 0.05) is 31.1 Å². The number of ether oxygens (including phenoxy) is 1. The third-order valence-electron chi connectivity index (χ3n) is 3.17. The number of hydrogen-bond acceptors (Lipinski definition) is 7. The maximum absolute atomic E-state index is 13.6. The lowest BCUT2D eigenvalue weighted by atomic mass is 10.2. The summed E-state index contributed by atoms with van der Waals surface area (Å²) >= 11 is 0. The van der Waals surface area contributed by atoms with E-state index in [2.05, 4.69) is 31.0 Å². The smallest absolute Gasteiger partial charge is 0.216 e. The summed E-state index contributed by atoms with van der Waals surface area (Å²) in [5, 5.41) is 29.2. The largest absolute Gasteiger partial charge is 0.487 e. The molecule has 9 nitrogen and oxygen atoms in total. The van der Waals surface area contributed by atoms with E-state index in [-0.39, 0.29) is 18.0 Å². The number of anilines is 1. The Balaban J connectivity index is 1.78. The van der Waals surface area contributed by atoms with Gasteiger partial charge in [-0.1, -0.05) is 0 Å². The maximum atomic E-state index is 13.6. The molecule has 3 rings (SSSR count). The SMILES string of the molecule is Cn1cc(COc2ccc(F)cc2NC=C(C#N)c2nn[nH]n2)cn1. The molecular formula is C15H13FN8O. The van der Waals surface area contributed by atoms with Crippen LogP contribution >= 0.6 is 0 Å². The zero-order valence-corrected chi connectivity index (χ0v) is 13.1. The quantitative estimate of drug-likeness (QED) is 0.655. The predicted octanol–water partition coefficient (Wildman–Crippen LogP) is 1.63. The van der Waals surface area contributed by atoms with Crippen molar-refractivity contribution < 1.29 is 9.13 Å². The highest BCUT2D eigenvalue weighted by molar-refractivity contribution is 5.74. The number of hydrogen-bond donors (Lipinski definition) is 2. The van der Waals surface area contributed by atoms with Crippen molar-refractivity contribution in [2.75, 3.05) is 5.32 Å². The van der Waals surface area contributed by atoms with E-state index in [1.165, 1.54) is 24.4 Å². The van der Waals surface area contributed by atoms with Crippen LogP contribution < -0.4 is 10.1 Å². The molecule has 1 aromatic carbocycles. The summed E-state index contributed by atoms with van der Waals surface area (Å²) < 4.78 is 20.9. The summed E-state index contributed by atoms with van der Waals surface area (Å²) in [7, 11) is 1.81. The van der Waals surface area contributed by atoms with Gasteiger partial charge in [-0.2, -0.15) is 15.6 Å². The summed E-state index contributed by atoms with van der Waals surface area (Å²) in [4.78, 5) is 0. The lowest BCUT2D eigenvalue weighted by Crippen LogP contribution is -2.00. The van der Waals surface area contributed by atoms with Crippen LogP contribution in [0.15, 0.2) is 36.8 Å². The van der Waals surface area contributed by atoms with Gasteiger partial charge in [0.2, 0.25) is 5.82 Å². The molecule has 0 amide bonds. The second kappa shape index (κ2) is 7.22. The number of H-pyrrole nitrogens is 1. The highest BCUT2D eigenvalue weighted by Gasteiger charge is 2.09. The minimum Gasteiger partial charge on any atom is -0.487 e. The molecule has 25 heavy (non-hydrogen) atoms. The van der Waals surface area contributed by atoms with Crippen molar-refractivity contribution in [1.82, 2.24) is 30.4 Å². The second-order valence-corrected chi connectivity index (χ2v) is 5.00. The van der Waals surface area contributed by atoms with Gasteiger partial charge >= 0.3 is 0 Å². The van der Waals surface area contributed by atoms with Gasteiger partial charge in [-0.05, 0) is 17.3 Å². The molecule has 0 saturated heterocycles. The fourth-order valence-electron chi connectivity index (χ4n) is 2.02. The fraction of sp³-hybridized carbons (Fsp3) is 0.133. The third kappa shape index (κ3) is 3.97. The molecule has 0 aliphatic heterocycles. The molecule has 0 aliphatic carbocycles. The zero-order chi connectivity index (χ0) is 17.6. The van der Waals surface area contributed by atoms with Crippen LogP contribution in [0.1, 0.15) is 11.4 Å². The molecule has 2 N–H and O–H groups in total. The number of nitrogens with zero attached hydrogens (tertiary/aromatic N) is 6. The first kappa shape index (κ1) is 16.1. The second-order valence-electron chi connectivity index (χ2n) is 5.00. The Bertz CT molecular complexity index is 925. The molecule has 0 spiro atoms. The van der Waals surface area contributed by atoms with Gasteiger partial charge in [-0.25, -0.2) is 4.39 Å². The van der Waals surface area contributed by atoms with Crippen molar-refractivity contribution in [2.45, 2.75) is 6.61 Å². The van der Waals surface area contributed by atoms with Crippen molar-refractivity contribution in [3.05, 3.63) is 54.0 Å². The van der Waals surface area contributed by atoms with Gasteiger partial charge in [-0.3, -0.25) is 4.68 Å². The number of halogens is 1. The van der Waals surface area contributed by atoms with Gasteiger partial charge < -0.3 is 10.1 Å². The summed E-state index contributed by atoms with van der Waals surface area (Å²) in [6, 6.07) is 5.99. The lowest BCUT2D eigenvalue weighted by Gasteiger charge is -2.11. The number of aromatic amines is 1. The molecule has 126 valence electrons. The highest BCUT2D eigenvalue weighted by atomic mass is 19.1. The number of aryl methyl sites for hydroxylation is 1. The summed E-state index contributed by atoms with van der Waals surface area (Å²) in [6.07, 6.45) is 4.86. The van der Waals surface area contributed by atoms with Crippen molar-refractivity contribution in [3.8, 4) is 11.8 Å². The Kier molecular flexibility index (Phi) is 4.66. The molecule has 0 bridgehead atoms. The van der Waals surface area contributed by atoms with Crippen molar-refractivity contribution in [3.63, 3.8) is 0 Å². The van der Waals surface area contributed by atoms with Crippen molar-refractivity contribution >= 4 is 11.3 Å². The number of aromatic nitrogens is 6. The minimum atomic E-state index is -0.442. The predicted molar refractivity (Wildman–Crippen MR) is 85.3 cm³/mol. The number of nitrogens with one attached hydrogen (secondary N) is 2. The van der Waals surface area contributed by atoms with Crippen LogP contribution in [0, 0.1) is 17.1 Å². The molecule has 10 heteroatoms. The standard InChI is InChI=1S/C15H13FN8O/c1-24-8-10(6-19-24)9-25-14-3-2-12(16)4-13(14)18-7-11(5-17)15-20-22-23-21-15/h2-4,6-8,18H,9H2,1H3,(H,20,21,22,23). The topological polar surface area (TPSA) is 117 Å². The Labute approximate surface area is 141 Å². The summed E-state index contributed by atoms with van der Waals surface area (Å²) in [5.74, 6) is 0.110. The molecule has 3 aromatic rings. The molecule has 0 radical (unpaired) electrons. The number of rotatable bonds is 6. The first-order valence-electron chi connectivity index (χ1n) is 7.16. The van der Waals surface area contributed by atoms with Gasteiger partial charge in [0.05, 0.1) is 11.9 Å². The molecule has 0 aliphatic rings. The van der Waals surface area contributed by atoms with E-state index in [0.717, 1.165) is 5.56 Å². The van der Waals surface area contributed by atoms with Crippen LogP contribution in [0.25, 0.3) is 5.57 Å². The normalized spacial score (nSPS) is 11.2. The number of benzene rings is 1. The Morgan fingerprint density at radius 3 is 3.08 bits per heavy atom.